The van der Waals surface area contributed by atoms with Gasteiger partial charge in [0.2, 0.25) is 0 Å². The van der Waals surface area contributed by atoms with Crippen LogP contribution >= 0.6 is 0 Å². The fraction of sp³-hybridized carbons (Fsp3) is 0.736. The third-order valence-electron chi connectivity index (χ3n) is 11.8. The third-order valence-corrected chi connectivity index (χ3v) is 11.8. The summed E-state index contributed by atoms with van der Waals surface area (Å²) >= 11 is 0. The number of hydrogen-bond acceptors (Lipinski definition) is 2. The summed E-state index contributed by atoms with van der Waals surface area (Å²) in [6, 6.07) is 14.2. The highest BCUT2D eigenvalue weighted by atomic mass is 14.8. The lowest BCUT2D eigenvalue weighted by atomic mass is 9.96. The highest BCUT2D eigenvalue weighted by molar-refractivity contribution is 6.42. The summed E-state index contributed by atoms with van der Waals surface area (Å²) in [5, 5.41) is 0. The van der Waals surface area contributed by atoms with Gasteiger partial charge in [-0.2, -0.15) is 0 Å². The maximum Gasteiger partial charge on any atom is 0.0636 e. The van der Waals surface area contributed by atoms with E-state index in [2.05, 4.69) is 77.9 Å². The number of rotatable bonds is 36. The summed E-state index contributed by atoms with van der Waals surface area (Å²) in [5.74, 6) is 0. The number of aliphatic imine (C=N–C) groups is 2. The van der Waals surface area contributed by atoms with E-state index < -0.39 is 0 Å². The fourth-order valence-corrected chi connectivity index (χ4v) is 8.15. The van der Waals surface area contributed by atoms with Gasteiger partial charge in [0.05, 0.1) is 22.8 Å². The maximum atomic E-state index is 5.42. The van der Waals surface area contributed by atoms with Crippen LogP contribution in [0, 0.1) is 0 Å². The van der Waals surface area contributed by atoms with Crippen LogP contribution in [-0.2, 0) is 25.7 Å². The molecular weight excluding hydrogens is 665 g/mol. The van der Waals surface area contributed by atoms with Gasteiger partial charge in [-0.1, -0.05) is 194 Å². The van der Waals surface area contributed by atoms with Gasteiger partial charge in [0.25, 0.3) is 0 Å². The summed E-state index contributed by atoms with van der Waals surface area (Å²) < 4.78 is 0. The number of unbranched alkanes of at least 4 members (excludes halogenated alkanes) is 23. The van der Waals surface area contributed by atoms with Crippen molar-refractivity contribution in [1.29, 1.82) is 0 Å². The Morgan fingerprint density at radius 1 is 0.345 bits per heavy atom. The Hall–Kier alpha value is -2.22. The zero-order valence-corrected chi connectivity index (χ0v) is 37.7. The van der Waals surface area contributed by atoms with Gasteiger partial charge in [0, 0.05) is 0 Å². The normalized spacial score (nSPS) is 12.3. The zero-order valence-electron chi connectivity index (χ0n) is 37.7. The number of nitrogens with zero attached hydrogens (tertiary/aromatic N) is 2. The predicted molar refractivity (Wildman–Crippen MR) is 250 cm³/mol. The second-order valence-corrected chi connectivity index (χ2v) is 17.0. The minimum Gasteiger partial charge on any atom is -0.252 e. The second kappa shape index (κ2) is 33.9. The lowest BCUT2D eigenvalue weighted by Gasteiger charge is -2.13. The quantitative estimate of drug-likeness (QED) is 0.0489. The Bertz CT molecular complexity index is 1270. The first-order chi connectivity index (χ1) is 27.1. The smallest absolute Gasteiger partial charge is 0.0636 e. The number of benzene rings is 2. The highest BCUT2D eigenvalue weighted by Gasteiger charge is 2.11. The number of aryl methyl sites for hydroxylation is 4. The van der Waals surface area contributed by atoms with Gasteiger partial charge < -0.3 is 0 Å². The molecule has 2 nitrogen and oxygen atoms in total. The van der Waals surface area contributed by atoms with Gasteiger partial charge >= 0.3 is 0 Å². The van der Waals surface area contributed by atoms with Crippen molar-refractivity contribution in [3.63, 3.8) is 0 Å². The van der Waals surface area contributed by atoms with Crippen LogP contribution in [0.25, 0.3) is 0 Å². The minimum absolute atomic E-state index is 1.01. The van der Waals surface area contributed by atoms with Crippen LogP contribution in [0.3, 0.4) is 0 Å². The molecule has 0 atom stereocenters. The van der Waals surface area contributed by atoms with E-state index in [9.17, 15) is 0 Å². The maximum absolute atomic E-state index is 5.42. The molecule has 0 saturated carbocycles. The Balaban J connectivity index is 2.12. The molecule has 2 heteroatoms. The molecule has 2 rings (SSSR count). The van der Waals surface area contributed by atoms with Gasteiger partial charge in [0.1, 0.15) is 0 Å². The molecule has 0 unspecified atom stereocenters. The van der Waals surface area contributed by atoms with Gasteiger partial charge in [0.15, 0.2) is 0 Å². The topological polar surface area (TPSA) is 24.7 Å². The first-order valence-electron chi connectivity index (χ1n) is 24.4. The Morgan fingerprint density at radius 2 is 0.655 bits per heavy atom. The van der Waals surface area contributed by atoms with Crippen molar-refractivity contribution < 1.29 is 0 Å². The van der Waals surface area contributed by atoms with Crippen LogP contribution < -0.4 is 0 Å². The van der Waals surface area contributed by atoms with Gasteiger partial charge in [-0.15, -0.1) is 0 Å². The Kier molecular flexibility index (Phi) is 30.1. The van der Waals surface area contributed by atoms with Crippen molar-refractivity contribution in [2.75, 3.05) is 0 Å². The SMILES string of the molecule is CCCCCCCCCCCCCCCCCCC(=Nc1ccc(CCCCC)c(CCCCC)c1)C(C)=Nc1ccc(CCCCC)c(CCCCC)c1. The van der Waals surface area contributed by atoms with E-state index in [0.717, 1.165) is 23.5 Å². The molecule has 0 bridgehead atoms. The van der Waals surface area contributed by atoms with Crippen molar-refractivity contribution in [3.05, 3.63) is 58.7 Å². The molecule has 0 aliphatic carbocycles. The first-order valence-corrected chi connectivity index (χ1v) is 24.4. The molecule has 0 radical (unpaired) electrons. The van der Waals surface area contributed by atoms with Crippen molar-refractivity contribution in [3.8, 4) is 0 Å². The van der Waals surface area contributed by atoms with Gasteiger partial charge in [-0.05, 0) is 118 Å². The standard InChI is InChI=1S/C53H90N2/c1-7-12-17-18-19-20-21-22-23-24-25-26-27-28-29-34-39-53(55-52-43-41-48(36-31-14-9-3)50(45-52)38-33-16-11-5)46(6)54-51-42-40-47(35-30-13-8-2)49(44-51)37-32-15-10-4/h40-45H,7-39H2,1-6H3. The minimum atomic E-state index is 1.01. The molecule has 0 N–H and O–H groups in total. The monoisotopic (exact) mass is 755 g/mol. The van der Waals surface area contributed by atoms with Crippen LogP contribution in [0.5, 0.6) is 0 Å². The third kappa shape index (κ3) is 23.6. The molecular formula is C53H90N2. The Morgan fingerprint density at radius 3 is 1.04 bits per heavy atom. The molecule has 2 aromatic carbocycles. The van der Waals surface area contributed by atoms with E-state index in [1.165, 1.54) is 228 Å². The lowest BCUT2D eigenvalue weighted by molar-refractivity contribution is 0.530. The summed E-state index contributed by atoms with van der Waals surface area (Å²) in [4.78, 5) is 10.7. The molecule has 55 heavy (non-hydrogen) atoms. The molecule has 0 fully saturated rings. The van der Waals surface area contributed by atoms with Crippen LogP contribution in [0.2, 0.25) is 0 Å². The van der Waals surface area contributed by atoms with Crippen LogP contribution in [0.4, 0.5) is 11.4 Å². The molecule has 0 spiro atoms. The summed E-state index contributed by atoms with van der Waals surface area (Å²) in [6.07, 6.45) is 43.5. The van der Waals surface area contributed by atoms with Gasteiger partial charge in [-0.3, -0.25) is 9.98 Å². The van der Waals surface area contributed by atoms with E-state index in [1.807, 2.05) is 0 Å². The molecule has 0 saturated heterocycles. The van der Waals surface area contributed by atoms with Crippen molar-refractivity contribution in [1.82, 2.24) is 0 Å². The van der Waals surface area contributed by atoms with Crippen molar-refractivity contribution in [2.24, 2.45) is 9.98 Å². The van der Waals surface area contributed by atoms with Crippen molar-refractivity contribution >= 4 is 22.8 Å². The van der Waals surface area contributed by atoms with E-state index in [-0.39, 0.29) is 0 Å². The molecule has 0 aromatic heterocycles. The summed E-state index contributed by atoms with van der Waals surface area (Å²) in [5.41, 5.74) is 10.6. The van der Waals surface area contributed by atoms with Crippen molar-refractivity contribution in [2.45, 2.75) is 253 Å². The molecule has 0 amide bonds. The highest BCUT2D eigenvalue weighted by Crippen LogP contribution is 2.26. The average molecular weight is 755 g/mol. The van der Waals surface area contributed by atoms with Gasteiger partial charge in [-0.25, -0.2) is 0 Å². The molecule has 0 aliphatic heterocycles. The average Bonchev–Trinajstić information content (AvgIpc) is 3.19. The van der Waals surface area contributed by atoms with Crippen LogP contribution in [0.1, 0.15) is 250 Å². The Labute approximate surface area is 343 Å². The summed E-state index contributed by atoms with van der Waals surface area (Å²) in [6.45, 7) is 13.8. The molecule has 2 aromatic rings. The second-order valence-electron chi connectivity index (χ2n) is 17.0. The molecule has 0 aliphatic rings. The first kappa shape index (κ1) is 48.9. The van der Waals surface area contributed by atoms with E-state index >= 15 is 0 Å². The van der Waals surface area contributed by atoms with Crippen LogP contribution in [0.15, 0.2) is 46.4 Å². The van der Waals surface area contributed by atoms with E-state index in [4.69, 9.17) is 9.98 Å². The van der Waals surface area contributed by atoms with E-state index in [0.29, 0.717) is 0 Å². The van der Waals surface area contributed by atoms with Crippen LogP contribution in [-0.4, -0.2) is 11.4 Å². The largest absolute Gasteiger partial charge is 0.252 e. The summed E-state index contributed by atoms with van der Waals surface area (Å²) in [7, 11) is 0. The van der Waals surface area contributed by atoms with E-state index in [1.54, 1.807) is 5.56 Å². The predicted octanol–water partition coefficient (Wildman–Crippen LogP) is 18.1. The fourth-order valence-electron chi connectivity index (χ4n) is 8.15. The molecule has 0 heterocycles. The lowest BCUT2D eigenvalue weighted by Crippen LogP contribution is -2.10. The molecule has 312 valence electrons. The zero-order chi connectivity index (χ0) is 39.6. The number of hydrogen-bond donors (Lipinski definition) is 0.